The molecule has 3 aromatic rings. The molecular weight excluding hydrogens is 364 g/mol. The average molecular weight is 382 g/mol. The molecule has 1 heterocycles. The normalized spacial score (nSPS) is 10.4. The molecule has 0 unspecified atom stereocenters. The van der Waals surface area contributed by atoms with Gasteiger partial charge in [-0.1, -0.05) is 0 Å². The van der Waals surface area contributed by atoms with Crippen molar-refractivity contribution in [1.82, 2.24) is 4.98 Å². The number of methoxy groups -OCH3 is 4. The van der Waals surface area contributed by atoms with Crippen LogP contribution in [0.15, 0.2) is 41.7 Å². The monoisotopic (exact) mass is 382 g/mol. The van der Waals surface area contributed by atoms with Crippen LogP contribution in [0.1, 0.15) is 16.1 Å². The zero-order chi connectivity index (χ0) is 20.3. The lowest BCUT2D eigenvalue weighted by Crippen LogP contribution is -2.06. The second-order valence-electron chi connectivity index (χ2n) is 5.73. The van der Waals surface area contributed by atoms with E-state index < -0.39 is 5.78 Å². The summed E-state index contributed by atoms with van der Waals surface area (Å²) in [6, 6.07) is 7.94. The lowest BCUT2D eigenvalue weighted by atomic mass is 10.00. The van der Waals surface area contributed by atoms with E-state index >= 15 is 0 Å². The lowest BCUT2D eigenvalue weighted by Gasteiger charge is -2.13. The van der Waals surface area contributed by atoms with Gasteiger partial charge in [0.15, 0.2) is 23.0 Å². The number of rotatable bonds is 7. The van der Waals surface area contributed by atoms with E-state index in [1.807, 2.05) is 0 Å². The predicted octanol–water partition coefficient (Wildman–Crippen LogP) is 3.90. The summed E-state index contributed by atoms with van der Waals surface area (Å²) in [5.74, 6) is 1.11. The summed E-state index contributed by atoms with van der Waals surface area (Å²) < 4.78 is 21.0. The van der Waals surface area contributed by atoms with Gasteiger partial charge < -0.3 is 18.9 Å². The van der Waals surface area contributed by atoms with Crippen molar-refractivity contribution in [2.75, 3.05) is 28.4 Å². The van der Waals surface area contributed by atoms with Gasteiger partial charge in [-0.3, -0.25) is 9.78 Å². The van der Waals surface area contributed by atoms with Crippen LogP contribution in [0.25, 0.3) is 10.8 Å². The highest BCUT2D eigenvalue weighted by molar-refractivity contribution is 6.17. The molecule has 0 aliphatic carbocycles. The quantitative estimate of drug-likeness (QED) is 0.452. The van der Waals surface area contributed by atoms with Gasteiger partial charge in [0.2, 0.25) is 5.78 Å². The first-order chi connectivity index (χ1) is 13.6. The number of hydrogen-bond donors (Lipinski definition) is 0. The minimum absolute atomic E-state index is 0.0578. The second-order valence-corrected chi connectivity index (χ2v) is 5.73. The summed E-state index contributed by atoms with van der Waals surface area (Å²) in [6.45, 7) is 0. The Morgan fingerprint density at radius 2 is 1.43 bits per heavy atom. The van der Waals surface area contributed by atoms with Crippen LogP contribution in [0.2, 0.25) is 0 Å². The molecule has 0 amide bonds. The van der Waals surface area contributed by atoms with E-state index in [1.165, 1.54) is 46.8 Å². The van der Waals surface area contributed by atoms with E-state index in [0.717, 1.165) is 5.39 Å². The molecule has 1 aromatic heterocycles. The van der Waals surface area contributed by atoms with Crippen molar-refractivity contribution >= 4 is 22.2 Å². The molecule has 3 rings (SSSR count). The van der Waals surface area contributed by atoms with Gasteiger partial charge in [0, 0.05) is 17.6 Å². The number of ketones is 1. The van der Waals surface area contributed by atoms with Gasteiger partial charge >= 0.3 is 0 Å². The van der Waals surface area contributed by atoms with E-state index in [1.54, 1.807) is 18.2 Å². The highest BCUT2D eigenvalue weighted by Gasteiger charge is 2.22. The summed E-state index contributed by atoms with van der Waals surface area (Å²) in [7, 11) is 5.90. The van der Waals surface area contributed by atoms with Crippen LogP contribution in [0, 0.1) is 4.91 Å². The largest absolute Gasteiger partial charge is 0.493 e. The molecule has 0 radical (unpaired) electrons. The Hall–Kier alpha value is -3.68. The summed E-state index contributed by atoms with van der Waals surface area (Å²) in [4.78, 5) is 28.8. The number of pyridine rings is 1. The number of ether oxygens (including phenoxy) is 4. The summed E-state index contributed by atoms with van der Waals surface area (Å²) in [6.07, 6.45) is 1.51. The second kappa shape index (κ2) is 7.91. The van der Waals surface area contributed by atoms with Crippen LogP contribution in [0.4, 0.5) is 5.69 Å². The Kier molecular flexibility index (Phi) is 5.39. The Labute approximate surface area is 161 Å². The first kappa shape index (κ1) is 19.1. The number of hydrogen-bond acceptors (Lipinski definition) is 8. The third-order valence-electron chi connectivity index (χ3n) is 4.33. The SMILES string of the molecule is COc1cc(N=O)c(C(=O)c2nccc3cc(OC)c(OC)cc23)cc1OC. The molecular formula is C20H18N2O6. The minimum Gasteiger partial charge on any atom is -0.493 e. The molecule has 8 nitrogen and oxygen atoms in total. The van der Waals surface area contributed by atoms with Gasteiger partial charge in [-0.2, -0.15) is 0 Å². The number of nitroso groups, excluding NO2 is 1. The smallest absolute Gasteiger partial charge is 0.214 e. The van der Waals surface area contributed by atoms with Crippen LogP contribution in [0.3, 0.4) is 0 Å². The molecule has 144 valence electrons. The molecule has 0 fully saturated rings. The third kappa shape index (κ3) is 3.20. The summed E-state index contributed by atoms with van der Waals surface area (Å²) in [5.41, 5.74) is 0.139. The topological polar surface area (TPSA) is 96.3 Å². The average Bonchev–Trinajstić information content (AvgIpc) is 2.75. The Balaban J connectivity index is 2.23. The Bertz CT molecular complexity index is 1060. The highest BCUT2D eigenvalue weighted by atomic mass is 16.5. The van der Waals surface area contributed by atoms with E-state index in [4.69, 9.17) is 18.9 Å². The predicted molar refractivity (Wildman–Crippen MR) is 103 cm³/mol. The maximum absolute atomic E-state index is 13.2. The number of carbonyl (C=O) groups excluding carboxylic acids is 1. The molecule has 0 saturated carbocycles. The number of benzene rings is 2. The minimum atomic E-state index is -0.478. The van der Waals surface area contributed by atoms with Gasteiger partial charge in [0.25, 0.3) is 0 Å². The van der Waals surface area contributed by atoms with E-state index in [9.17, 15) is 9.70 Å². The zero-order valence-corrected chi connectivity index (χ0v) is 15.8. The van der Waals surface area contributed by atoms with Gasteiger partial charge in [-0.05, 0) is 34.8 Å². The van der Waals surface area contributed by atoms with Gasteiger partial charge in [-0.15, -0.1) is 4.91 Å². The number of aromatic nitrogens is 1. The standard InChI is InChI=1S/C20H18N2O6/c1-25-15-7-11-5-6-21-19(12(11)8-16(15)26-2)20(23)13-9-17(27-3)18(28-4)10-14(13)22-24/h5-10H,1-4H3. The summed E-state index contributed by atoms with van der Waals surface area (Å²) in [5, 5.41) is 4.25. The number of nitrogens with zero attached hydrogens (tertiary/aromatic N) is 2. The van der Waals surface area contributed by atoms with E-state index in [-0.39, 0.29) is 16.9 Å². The fourth-order valence-electron chi connectivity index (χ4n) is 2.93. The maximum Gasteiger partial charge on any atom is 0.214 e. The first-order valence-electron chi connectivity index (χ1n) is 8.22. The molecule has 8 heteroatoms. The number of fused-ring (bicyclic) bond motifs is 1. The Morgan fingerprint density at radius 3 is 2.04 bits per heavy atom. The molecule has 0 saturated heterocycles. The molecule has 0 bridgehead atoms. The van der Waals surface area contributed by atoms with Crippen LogP contribution in [-0.2, 0) is 0 Å². The van der Waals surface area contributed by atoms with E-state index in [2.05, 4.69) is 10.2 Å². The fourth-order valence-corrected chi connectivity index (χ4v) is 2.93. The fraction of sp³-hybridized carbons (Fsp3) is 0.200. The number of carbonyl (C=O) groups is 1. The van der Waals surface area contributed by atoms with Crippen molar-refractivity contribution < 1.29 is 23.7 Å². The van der Waals surface area contributed by atoms with Crippen LogP contribution in [-0.4, -0.2) is 39.2 Å². The molecule has 0 atom stereocenters. The van der Waals surface area contributed by atoms with Crippen LogP contribution in [0.5, 0.6) is 23.0 Å². The van der Waals surface area contributed by atoms with Crippen molar-refractivity contribution in [3.8, 4) is 23.0 Å². The van der Waals surface area contributed by atoms with Crippen molar-refractivity contribution in [3.63, 3.8) is 0 Å². The van der Waals surface area contributed by atoms with Crippen molar-refractivity contribution in [2.45, 2.75) is 0 Å². The van der Waals surface area contributed by atoms with Gasteiger partial charge in [-0.25, -0.2) is 0 Å². The highest BCUT2D eigenvalue weighted by Crippen LogP contribution is 2.38. The summed E-state index contributed by atoms with van der Waals surface area (Å²) >= 11 is 0. The van der Waals surface area contributed by atoms with Crippen molar-refractivity contribution in [1.29, 1.82) is 0 Å². The van der Waals surface area contributed by atoms with Crippen LogP contribution < -0.4 is 18.9 Å². The Morgan fingerprint density at radius 1 is 0.857 bits per heavy atom. The first-order valence-corrected chi connectivity index (χ1v) is 8.22. The van der Waals surface area contributed by atoms with Gasteiger partial charge in [0.1, 0.15) is 11.4 Å². The van der Waals surface area contributed by atoms with Crippen molar-refractivity contribution in [2.24, 2.45) is 5.18 Å². The third-order valence-corrected chi connectivity index (χ3v) is 4.33. The zero-order valence-electron chi connectivity index (χ0n) is 15.8. The van der Waals surface area contributed by atoms with Crippen molar-refractivity contribution in [3.05, 3.63) is 52.7 Å². The molecule has 0 aliphatic rings. The maximum atomic E-state index is 13.2. The molecule has 28 heavy (non-hydrogen) atoms. The molecule has 0 N–H and O–H groups in total. The molecule has 2 aromatic carbocycles. The van der Waals surface area contributed by atoms with E-state index in [0.29, 0.717) is 28.4 Å². The molecule has 0 spiro atoms. The lowest BCUT2D eigenvalue weighted by molar-refractivity contribution is 0.103. The molecule has 0 aliphatic heterocycles. The van der Waals surface area contributed by atoms with Crippen LogP contribution >= 0.6 is 0 Å². The van der Waals surface area contributed by atoms with Gasteiger partial charge in [0.05, 0.1) is 34.0 Å².